The van der Waals surface area contributed by atoms with E-state index in [1.54, 1.807) is 13.8 Å². The number of aliphatic hydroxyl groups excluding tert-OH is 1. The first-order valence-electron chi connectivity index (χ1n) is 9.75. The molecule has 1 fully saturated rings. The van der Waals surface area contributed by atoms with Crippen LogP contribution in [0.2, 0.25) is 0 Å². The van der Waals surface area contributed by atoms with Crippen molar-refractivity contribution in [2.24, 2.45) is 5.92 Å². The molecule has 4 unspecified atom stereocenters. The van der Waals surface area contributed by atoms with Crippen LogP contribution in [0.1, 0.15) is 39.5 Å². The number of aliphatic carboxylic acids is 2. The molecule has 0 aliphatic carbocycles. The molecule has 12 nitrogen and oxygen atoms in total. The second-order valence-corrected chi connectivity index (χ2v) is 7.58. The Kier molecular flexibility index (Phi) is 10.2. The summed E-state index contributed by atoms with van der Waals surface area (Å²) in [5.41, 5.74) is 0. The zero-order valence-corrected chi connectivity index (χ0v) is 17.0. The highest BCUT2D eigenvalue weighted by atomic mass is 16.4. The first kappa shape index (κ1) is 25.3. The number of carbonyl (C=O) groups is 5. The van der Waals surface area contributed by atoms with Gasteiger partial charge in [0.05, 0.1) is 19.1 Å². The van der Waals surface area contributed by atoms with Crippen LogP contribution in [-0.2, 0) is 24.0 Å². The molecule has 30 heavy (non-hydrogen) atoms. The highest BCUT2D eigenvalue weighted by Crippen LogP contribution is 2.07. The standard InChI is InChI=1S/C18H30N4O8/c1-9(2)6-12(18(29)30)21-17(28)13(8-23)22-16(27)11(7-14(24)25)20-15(26)10-4-3-5-19-10/h9-13,19,23H,3-8H2,1-2H3,(H,20,26)(H,21,28)(H,22,27)(H,24,25)(H,29,30). The molecule has 1 rings (SSSR count). The molecular weight excluding hydrogens is 400 g/mol. The summed E-state index contributed by atoms with van der Waals surface area (Å²) in [5.74, 6) is -5.09. The van der Waals surface area contributed by atoms with Crippen molar-refractivity contribution in [3.05, 3.63) is 0 Å². The highest BCUT2D eigenvalue weighted by molar-refractivity contribution is 5.95. The molecule has 4 atom stereocenters. The summed E-state index contributed by atoms with van der Waals surface area (Å²) in [6.07, 6.45) is 0.720. The molecule has 0 saturated carbocycles. The molecular formula is C18H30N4O8. The Labute approximate surface area is 173 Å². The first-order chi connectivity index (χ1) is 14.0. The van der Waals surface area contributed by atoms with E-state index in [-0.39, 0.29) is 12.3 Å². The van der Waals surface area contributed by atoms with Gasteiger partial charge < -0.3 is 36.6 Å². The number of amides is 3. The van der Waals surface area contributed by atoms with Crippen molar-refractivity contribution in [1.82, 2.24) is 21.3 Å². The Hall–Kier alpha value is -2.73. The lowest BCUT2D eigenvalue weighted by Crippen LogP contribution is -2.58. The van der Waals surface area contributed by atoms with Crippen molar-refractivity contribution in [1.29, 1.82) is 0 Å². The van der Waals surface area contributed by atoms with Crippen molar-refractivity contribution in [2.45, 2.75) is 63.7 Å². The normalized spacial score (nSPS) is 18.9. The summed E-state index contributed by atoms with van der Waals surface area (Å²) >= 11 is 0. The smallest absolute Gasteiger partial charge is 0.326 e. The number of aliphatic hydroxyl groups is 1. The number of nitrogens with one attached hydrogen (secondary N) is 4. The predicted molar refractivity (Wildman–Crippen MR) is 103 cm³/mol. The second kappa shape index (κ2) is 12.1. The lowest BCUT2D eigenvalue weighted by Gasteiger charge is -2.24. The molecule has 0 bridgehead atoms. The van der Waals surface area contributed by atoms with Gasteiger partial charge in [-0.1, -0.05) is 13.8 Å². The molecule has 1 aliphatic heterocycles. The van der Waals surface area contributed by atoms with Gasteiger partial charge in [0.2, 0.25) is 17.7 Å². The molecule has 1 aliphatic rings. The quantitative estimate of drug-likeness (QED) is 0.180. The molecule has 12 heteroatoms. The molecule has 1 saturated heterocycles. The maximum Gasteiger partial charge on any atom is 0.326 e. The molecule has 0 aromatic rings. The fourth-order valence-corrected chi connectivity index (χ4v) is 3.00. The average Bonchev–Trinajstić information content (AvgIpc) is 3.18. The van der Waals surface area contributed by atoms with Crippen LogP contribution >= 0.6 is 0 Å². The van der Waals surface area contributed by atoms with Gasteiger partial charge in [0.1, 0.15) is 18.1 Å². The van der Waals surface area contributed by atoms with Gasteiger partial charge in [-0.2, -0.15) is 0 Å². The Bertz CT molecular complexity index is 648. The number of hydrogen-bond acceptors (Lipinski definition) is 7. The second-order valence-electron chi connectivity index (χ2n) is 7.58. The highest BCUT2D eigenvalue weighted by Gasteiger charge is 2.32. The third kappa shape index (κ3) is 8.33. The molecule has 0 radical (unpaired) electrons. The lowest BCUT2D eigenvalue weighted by molar-refractivity contribution is -0.144. The number of rotatable bonds is 12. The van der Waals surface area contributed by atoms with Gasteiger partial charge in [-0.25, -0.2) is 4.79 Å². The van der Waals surface area contributed by atoms with E-state index in [1.165, 1.54) is 0 Å². The SMILES string of the molecule is CC(C)CC(NC(=O)C(CO)NC(=O)C(CC(=O)O)NC(=O)C1CCCN1)C(=O)O. The number of carboxylic acids is 2. The molecule has 170 valence electrons. The van der Waals surface area contributed by atoms with Crippen LogP contribution in [0.5, 0.6) is 0 Å². The Morgan fingerprint density at radius 2 is 1.57 bits per heavy atom. The van der Waals surface area contributed by atoms with E-state index in [0.717, 1.165) is 6.42 Å². The minimum atomic E-state index is -1.51. The topological polar surface area (TPSA) is 194 Å². The monoisotopic (exact) mass is 430 g/mol. The van der Waals surface area contributed by atoms with E-state index in [4.69, 9.17) is 5.11 Å². The van der Waals surface area contributed by atoms with E-state index < -0.39 is 66.9 Å². The van der Waals surface area contributed by atoms with Crippen molar-refractivity contribution < 1.29 is 39.3 Å². The summed E-state index contributed by atoms with van der Waals surface area (Å²) in [6.45, 7) is 3.32. The summed E-state index contributed by atoms with van der Waals surface area (Å²) in [6, 6.07) is -4.74. The van der Waals surface area contributed by atoms with Crippen molar-refractivity contribution in [2.75, 3.05) is 13.2 Å². The van der Waals surface area contributed by atoms with Gasteiger partial charge in [0.25, 0.3) is 0 Å². The van der Waals surface area contributed by atoms with E-state index in [2.05, 4.69) is 21.3 Å². The summed E-state index contributed by atoms with van der Waals surface area (Å²) < 4.78 is 0. The van der Waals surface area contributed by atoms with E-state index in [0.29, 0.717) is 13.0 Å². The Morgan fingerprint density at radius 1 is 0.967 bits per heavy atom. The Balaban J connectivity index is 2.79. The van der Waals surface area contributed by atoms with Gasteiger partial charge >= 0.3 is 11.9 Å². The number of carbonyl (C=O) groups excluding carboxylic acids is 3. The van der Waals surface area contributed by atoms with Gasteiger partial charge in [-0.15, -0.1) is 0 Å². The lowest BCUT2D eigenvalue weighted by atomic mass is 10.0. The zero-order chi connectivity index (χ0) is 22.8. The van der Waals surface area contributed by atoms with Crippen LogP contribution in [0.4, 0.5) is 0 Å². The van der Waals surface area contributed by atoms with Gasteiger partial charge in [0, 0.05) is 0 Å². The van der Waals surface area contributed by atoms with Crippen molar-refractivity contribution >= 4 is 29.7 Å². The van der Waals surface area contributed by atoms with Gasteiger partial charge in [0.15, 0.2) is 0 Å². The van der Waals surface area contributed by atoms with Crippen LogP contribution < -0.4 is 21.3 Å². The fourth-order valence-electron chi connectivity index (χ4n) is 3.00. The van der Waals surface area contributed by atoms with Gasteiger partial charge in [-0.05, 0) is 31.7 Å². The molecule has 3 amide bonds. The molecule has 0 spiro atoms. The van der Waals surface area contributed by atoms with E-state index >= 15 is 0 Å². The summed E-state index contributed by atoms with van der Waals surface area (Å²) in [5, 5.41) is 37.4. The molecule has 7 N–H and O–H groups in total. The number of carboxylic acid groups (broad SMARTS) is 2. The van der Waals surface area contributed by atoms with Crippen LogP contribution in [0.15, 0.2) is 0 Å². The molecule has 0 aromatic carbocycles. The van der Waals surface area contributed by atoms with Gasteiger partial charge in [-0.3, -0.25) is 19.2 Å². The minimum absolute atomic E-state index is 0.0343. The Morgan fingerprint density at radius 3 is 2.03 bits per heavy atom. The van der Waals surface area contributed by atoms with Crippen LogP contribution in [0.25, 0.3) is 0 Å². The zero-order valence-electron chi connectivity index (χ0n) is 17.0. The van der Waals surface area contributed by atoms with Crippen LogP contribution in [0.3, 0.4) is 0 Å². The number of hydrogen-bond donors (Lipinski definition) is 7. The van der Waals surface area contributed by atoms with E-state index in [1.807, 2.05) is 0 Å². The minimum Gasteiger partial charge on any atom is -0.481 e. The average molecular weight is 430 g/mol. The first-order valence-corrected chi connectivity index (χ1v) is 9.75. The maximum absolute atomic E-state index is 12.5. The molecule has 1 heterocycles. The van der Waals surface area contributed by atoms with Crippen LogP contribution in [-0.4, -0.2) is 82.3 Å². The van der Waals surface area contributed by atoms with E-state index in [9.17, 15) is 34.2 Å². The third-order valence-corrected chi connectivity index (χ3v) is 4.53. The summed E-state index contributed by atoms with van der Waals surface area (Å²) in [4.78, 5) is 59.4. The third-order valence-electron chi connectivity index (χ3n) is 4.53. The van der Waals surface area contributed by atoms with Crippen molar-refractivity contribution in [3.8, 4) is 0 Å². The maximum atomic E-state index is 12.5. The van der Waals surface area contributed by atoms with Crippen LogP contribution in [0, 0.1) is 5.92 Å². The fraction of sp³-hybridized carbons (Fsp3) is 0.722. The predicted octanol–water partition coefficient (Wildman–Crippen LogP) is -2.21. The summed E-state index contributed by atoms with van der Waals surface area (Å²) in [7, 11) is 0. The van der Waals surface area contributed by atoms with Crippen molar-refractivity contribution in [3.63, 3.8) is 0 Å². The largest absolute Gasteiger partial charge is 0.481 e. The molecule has 0 aromatic heterocycles.